The molecular formula is C18H22N2O3. The van der Waals surface area contributed by atoms with Crippen molar-refractivity contribution in [3.05, 3.63) is 53.5 Å². The number of hydrogen-bond donors (Lipinski definition) is 1. The first-order valence-electron chi connectivity index (χ1n) is 7.77. The standard InChI is InChI=1S/C18H22N2O3/c1-3-5-10-20-11-8-14-13-15(6-7-16(14)18(20)23)19(4-2)12-9-17(21)22/h3,6-8,11,13H,1,4-5,9-10,12H2,2H3,(H,21,22). The Morgan fingerprint density at radius 3 is 2.83 bits per heavy atom. The number of rotatable bonds is 8. The van der Waals surface area contributed by atoms with E-state index in [2.05, 4.69) is 6.58 Å². The van der Waals surface area contributed by atoms with Crippen LogP contribution >= 0.6 is 0 Å². The van der Waals surface area contributed by atoms with Crippen LogP contribution in [-0.4, -0.2) is 28.7 Å². The fourth-order valence-electron chi connectivity index (χ4n) is 2.58. The van der Waals surface area contributed by atoms with Gasteiger partial charge in [-0.3, -0.25) is 9.59 Å². The Balaban J connectivity index is 2.33. The van der Waals surface area contributed by atoms with E-state index in [0.29, 0.717) is 18.5 Å². The van der Waals surface area contributed by atoms with Crippen molar-refractivity contribution in [1.29, 1.82) is 0 Å². The van der Waals surface area contributed by atoms with Gasteiger partial charge in [0.25, 0.3) is 5.56 Å². The normalized spacial score (nSPS) is 10.7. The van der Waals surface area contributed by atoms with Crippen molar-refractivity contribution < 1.29 is 9.90 Å². The molecule has 23 heavy (non-hydrogen) atoms. The van der Waals surface area contributed by atoms with Gasteiger partial charge in [-0.1, -0.05) is 6.08 Å². The van der Waals surface area contributed by atoms with Gasteiger partial charge in [-0.25, -0.2) is 0 Å². The zero-order valence-electron chi connectivity index (χ0n) is 13.4. The zero-order chi connectivity index (χ0) is 16.8. The molecule has 0 amide bonds. The van der Waals surface area contributed by atoms with E-state index >= 15 is 0 Å². The van der Waals surface area contributed by atoms with Crippen molar-refractivity contribution in [3.8, 4) is 0 Å². The summed E-state index contributed by atoms with van der Waals surface area (Å²) in [5, 5.41) is 10.4. The van der Waals surface area contributed by atoms with Gasteiger partial charge in [0.2, 0.25) is 0 Å². The van der Waals surface area contributed by atoms with Crippen molar-refractivity contribution in [2.45, 2.75) is 26.3 Å². The minimum Gasteiger partial charge on any atom is -0.481 e. The lowest BCUT2D eigenvalue weighted by Crippen LogP contribution is -2.26. The first-order valence-corrected chi connectivity index (χ1v) is 7.77. The molecule has 2 aromatic rings. The fraction of sp³-hybridized carbons (Fsp3) is 0.333. The average Bonchev–Trinajstić information content (AvgIpc) is 2.54. The minimum atomic E-state index is -0.811. The summed E-state index contributed by atoms with van der Waals surface area (Å²) in [6, 6.07) is 7.57. The number of benzene rings is 1. The van der Waals surface area contributed by atoms with E-state index in [9.17, 15) is 9.59 Å². The van der Waals surface area contributed by atoms with Crippen LogP contribution in [0.1, 0.15) is 19.8 Å². The largest absolute Gasteiger partial charge is 0.481 e. The third-order valence-corrected chi connectivity index (χ3v) is 3.88. The van der Waals surface area contributed by atoms with Gasteiger partial charge in [0.1, 0.15) is 0 Å². The number of carboxylic acids is 1. The van der Waals surface area contributed by atoms with Crippen molar-refractivity contribution in [1.82, 2.24) is 4.57 Å². The highest BCUT2D eigenvalue weighted by Crippen LogP contribution is 2.20. The topological polar surface area (TPSA) is 62.5 Å². The maximum Gasteiger partial charge on any atom is 0.305 e. The van der Waals surface area contributed by atoms with E-state index in [-0.39, 0.29) is 12.0 Å². The molecule has 1 heterocycles. The van der Waals surface area contributed by atoms with Crippen LogP contribution in [0.3, 0.4) is 0 Å². The summed E-state index contributed by atoms with van der Waals surface area (Å²) >= 11 is 0. The maximum atomic E-state index is 12.4. The number of aryl methyl sites for hydroxylation is 1. The van der Waals surface area contributed by atoms with Gasteiger partial charge in [-0.2, -0.15) is 0 Å². The maximum absolute atomic E-state index is 12.4. The molecule has 0 unspecified atom stereocenters. The third kappa shape index (κ3) is 4.00. The molecule has 1 aromatic heterocycles. The minimum absolute atomic E-state index is 0.00974. The van der Waals surface area contributed by atoms with Crippen LogP contribution in [0.4, 0.5) is 5.69 Å². The number of fused-ring (bicyclic) bond motifs is 1. The monoisotopic (exact) mass is 314 g/mol. The second kappa shape index (κ2) is 7.63. The number of hydrogen-bond acceptors (Lipinski definition) is 3. The molecule has 122 valence electrons. The van der Waals surface area contributed by atoms with E-state index in [1.165, 1.54) is 0 Å². The quantitative estimate of drug-likeness (QED) is 0.761. The number of anilines is 1. The average molecular weight is 314 g/mol. The number of aromatic nitrogens is 1. The molecule has 0 aliphatic rings. The van der Waals surface area contributed by atoms with E-state index in [1.54, 1.807) is 16.8 Å². The van der Waals surface area contributed by atoms with Crippen molar-refractivity contribution in [2.24, 2.45) is 0 Å². The highest BCUT2D eigenvalue weighted by Gasteiger charge is 2.09. The van der Waals surface area contributed by atoms with Gasteiger partial charge in [0, 0.05) is 36.9 Å². The highest BCUT2D eigenvalue weighted by molar-refractivity contribution is 5.85. The number of aliphatic carboxylic acids is 1. The van der Waals surface area contributed by atoms with E-state index in [4.69, 9.17) is 5.11 Å². The molecule has 1 N–H and O–H groups in total. The number of allylic oxidation sites excluding steroid dienone is 1. The summed E-state index contributed by atoms with van der Waals surface area (Å²) in [6.07, 6.45) is 4.43. The first kappa shape index (κ1) is 16.8. The number of pyridine rings is 1. The third-order valence-electron chi connectivity index (χ3n) is 3.88. The molecule has 5 heteroatoms. The Labute approximate surface area is 135 Å². The summed E-state index contributed by atoms with van der Waals surface area (Å²) in [7, 11) is 0. The molecule has 0 saturated carbocycles. The molecular weight excluding hydrogens is 292 g/mol. The molecule has 0 fully saturated rings. The van der Waals surface area contributed by atoms with Crippen molar-refractivity contribution in [3.63, 3.8) is 0 Å². The van der Waals surface area contributed by atoms with Gasteiger partial charge >= 0.3 is 5.97 Å². The van der Waals surface area contributed by atoms with Crippen LogP contribution in [-0.2, 0) is 11.3 Å². The Morgan fingerprint density at radius 2 is 2.17 bits per heavy atom. The molecule has 0 aliphatic heterocycles. The Bertz CT molecular complexity index is 764. The summed E-state index contributed by atoms with van der Waals surface area (Å²) in [5.41, 5.74) is 0.925. The van der Waals surface area contributed by atoms with Crippen molar-refractivity contribution in [2.75, 3.05) is 18.0 Å². The Hall–Kier alpha value is -2.56. The Morgan fingerprint density at radius 1 is 1.39 bits per heavy atom. The van der Waals surface area contributed by atoms with Crippen LogP contribution in [0.2, 0.25) is 0 Å². The van der Waals surface area contributed by atoms with Crippen molar-refractivity contribution >= 4 is 22.4 Å². The highest BCUT2D eigenvalue weighted by atomic mass is 16.4. The summed E-state index contributed by atoms with van der Waals surface area (Å²) < 4.78 is 1.69. The number of nitrogens with zero attached hydrogens (tertiary/aromatic N) is 2. The van der Waals surface area contributed by atoms with Gasteiger partial charge in [0.05, 0.1) is 6.42 Å². The lowest BCUT2D eigenvalue weighted by Gasteiger charge is -2.22. The van der Waals surface area contributed by atoms with Gasteiger partial charge in [-0.15, -0.1) is 6.58 Å². The summed E-state index contributed by atoms with van der Waals surface area (Å²) in [5.74, 6) is -0.811. The number of carboxylic acid groups (broad SMARTS) is 1. The van der Waals surface area contributed by atoms with Crippen LogP contribution in [0.25, 0.3) is 10.8 Å². The van der Waals surface area contributed by atoms with E-state index in [0.717, 1.165) is 24.0 Å². The Kier molecular flexibility index (Phi) is 5.57. The molecule has 5 nitrogen and oxygen atoms in total. The lowest BCUT2D eigenvalue weighted by atomic mass is 10.1. The molecule has 0 atom stereocenters. The van der Waals surface area contributed by atoms with Gasteiger partial charge < -0.3 is 14.6 Å². The zero-order valence-corrected chi connectivity index (χ0v) is 13.4. The predicted molar refractivity (Wildman–Crippen MR) is 93.2 cm³/mol. The molecule has 1 aromatic carbocycles. The second-order valence-corrected chi connectivity index (χ2v) is 5.39. The van der Waals surface area contributed by atoms with Crippen LogP contribution in [0.5, 0.6) is 0 Å². The fourth-order valence-corrected chi connectivity index (χ4v) is 2.58. The molecule has 0 saturated heterocycles. The summed E-state index contributed by atoms with van der Waals surface area (Å²) in [4.78, 5) is 25.2. The van der Waals surface area contributed by atoms with E-state index in [1.807, 2.05) is 36.1 Å². The van der Waals surface area contributed by atoms with Gasteiger partial charge in [0.15, 0.2) is 0 Å². The lowest BCUT2D eigenvalue weighted by molar-refractivity contribution is -0.136. The molecule has 0 radical (unpaired) electrons. The molecule has 2 rings (SSSR count). The smallest absolute Gasteiger partial charge is 0.305 e. The van der Waals surface area contributed by atoms with Crippen LogP contribution in [0.15, 0.2) is 47.9 Å². The second-order valence-electron chi connectivity index (χ2n) is 5.39. The van der Waals surface area contributed by atoms with Gasteiger partial charge in [-0.05, 0) is 43.0 Å². The molecule has 0 aliphatic carbocycles. The van der Waals surface area contributed by atoms with E-state index < -0.39 is 5.97 Å². The molecule has 0 bridgehead atoms. The summed E-state index contributed by atoms with van der Waals surface area (Å²) in [6.45, 7) is 7.46. The molecule has 0 spiro atoms. The first-order chi connectivity index (χ1) is 11.1. The number of carbonyl (C=O) groups is 1. The van der Waals surface area contributed by atoms with Crippen LogP contribution < -0.4 is 10.5 Å². The predicted octanol–water partition coefficient (Wildman–Crippen LogP) is 2.88. The van der Waals surface area contributed by atoms with Crippen LogP contribution in [0, 0.1) is 0 Å². The SMILES string of the molecule is C=CCCn1ccc2cc(N(CC)CCC(=O)O)ccc2c1=O.